The van der Waals surface area contributed by atoms with Gasteiger partial charge in [0.05, 0.1) is 17.0 Å². The Balaban J connectivity index is 0.000000359. The lowest BCUT2D eigenvalue weighted by Crippen LogP contribution is -2.04. The van der Waals surface area contributed by atoms with Crippen LogP contribution in [0.5, 0.6) is 23.0 Å². The molecule has 0 atom stereocenters. The summed E-state index contributed by atoms with van der Waals surface area (Å²) in [4.78, 5) is 29.6. The molecule has 236 valence electrons. The molecular formula is C31H33Cl3N2O8. The molecule has 4 rings (SSSR count). The Kier molecular flexibility index (Phi) is 18.8. The van der Waals surface area contributed by atoms with Gasteiger partial charge >= 0.3 is 0 Å². The number of benzene rings is 2. The van der Waals surface area contributed by atoms with Crippen LogP contribution in [0.1, 0.15) is 39.3 Å². The van der Waals surface area contributed by atoms with Gasteiger partial charge in [0.25, 0.3) is 0 Å². The third kappa shape index (κ3) is 12.4. The summed E-state index contributed by atoms with van der Waals surface area (Å²) in [6.45, 7) is 0.310. The fourth-order valence-corrected chi connectivity index (χ4v) is 3.76. The summed E-state index contributed by atoms with van der Waals surface area (Å²) in [6.07, 6.45) is 4.46. The number of pyridine rings is 2. The Hall–Kier alpha value is -3.93. The molecule has 0 amide bonds. The summed E-state index contributed by atoms with van der Waals surface area (Å²) >= 11 is 17.1. The lowest BCUT2D eigenvalue weighted by molar-refractivity contribution is 0.0501. The first-order chi connectivity index (χ1) is 20.9. The van der Waals surface area contributed by atoms with E-state index in [2.05, 4.69) is 14.7 Å². The highest BCUT2D eigenvalue weighted by molar-refractivity contribution is 6.31. The van der Waals surface area contributed by atoms with E-state index in [1.807, 2.05) is 12.1 Å². The van der Waals surface area contributed by atoms with E-state index in [1.165, 1.54) is 20.3 Å². The van der Waals surface area contributed by atoms with Gasteiger partial charge < -0.3 is 28.8 Å². The van der Waals surface area contributed by atoms with Gasteiger partial charge in [-0.05, 0) is 36.4 Å². The van der Waals surface area contributed by atoms with Gasteiger partial charge in [-0.2, -0.15) is 0 Å². The second kappa shape index (κ2) is 21.7. The molecule has 0 aliphatic rings. The summed E-state index contributed by atoms with van der Waals surface area (Å²) in [5.41, 5.74) is 2.08. The molecule has 0 saturated carbocycles. The van der Waals surface area contributed by atoms with Crippen LogP contribution < -0.4 is 14.2 Å². The van der Waals surface area contributed by atoms with E-state index in [9.17, 15) is 14.7 Å². The number of carbonyl (C=O) groups excluding carboxylic acids is 2. The molecule has 44 heavy (non-hydrogen) atoms. The van der Waals surface area contributed by atoms with E-state index < -0.39 is 0 Å². The van der Waals surface area contributed by atoms with Gasteiger partial charge in [0.2, 0.25) is 0 Å². The van der Waals surface area contributed by atoms with Gasteiger partial charge in [-0.3, -0.25) is 9.59 Å². The van der Waals surface area contributed by atoms with E-state index >= 15 is 0 Å². The van der Waals surface area contributed by atoms with Crippen LogP contribution in [0.4, 0.5) is 0 Å². The molecule has 0 unspecified atom stereocenters. The number of phenols is 1. The van der Waals surface area contributed by atoms with Gasteiger partial charge in [0.1, 0.15) is 39.9 Å². The number of alkyl halides is 1. The Bertz CT molecular complexity index is 1440. The van der Waals surface area contributed by atoms with E-state index in [1.54, 1.807) is 54.9 Å². The fourth-order valence-electron chi connectivity index (χ4n) is 3.11. The Morgan fingerprint density at radius 3 is 1.64 bits per heavy atom. The number of hydrogen-bond donors (Lipinski definition) is 1. The van der Waals surface area contributed by atoms with E-state index in [4.69, 9.17) is 53.8 Å². The summed E-state index contributed by atoms with van der Waals surface area (Å²) in [6, 6.07) is 16.9. The minimum absolute atomic E-state index is 0. The molecule has 0 saturated heterocycles. The topological polar surface area (TPSA) is 126 Å². The zero-order valence-electron chi connectivity index (χ0n) is 23.2. The van der Waals surface area contributed by atoms with Crippen LogP contribution in [0.2, 0.25) is 10.3 Å². The van der Waals surface area contributed by atoms with E-state index in [-0.39, 0.29) is 38.9 Å². The van der Waals surface area contributed by atoms with Crippen molar-refractivity contribution in [2.45, 2.75) is 19.9 Å². The van der Waals surface area contributed by atoms with Gasteiger partial charge in [0.15, 0.2) is 26.2 Å². The molecule has 0 fully saturated rings. The molecule has 0 aliphatic carbocycles. The molecule has 1 N–H and O–H groups in total. The normalized spacial score (nSPS) is 9.66. The third-order valence-electron chi connectivity index (χ3n) is 5.17. The highest BCUT2D eigenvalue weighted by Crippen LogP contribution is 2.28. The first-order valence-electron chi connectivity index (χ1n) is 12.4. The number of nitrogens with zero attached hydrogens (tertiary/aromatic N) is 2. The van der Waals surface area contributed by atoms with Gasteiger partial charge in [-0.15, -0.1) is 11.6 Å². The summed E-state index contributed by atoms with van der Waals surface area (Å²) < 4.78 is 25.5. The summed E-state index contributed by atoms with van der Waals surface area (Å²) in [5, 5.41) is 10.1. The van der Waals surface area contributed by atoms with Crippen molar-refractivity contribution in [3.8, 4) is 23.0 Å². The van der Waals surface area contributed by atoms with Crippen molar-refractivity contribution in [1.29, 1.82) is 0 Å². The fraction of sp³-hybridized carbons (Fsp3) is 0.226. The van der Waals surface area contributed by atoms with Crippen LogP contribution in [-0.2, 0) is 22.0 Å². The summed E-state index contributed by atoms with van der Waals surface area (Å²) in [7, 11) is 2.98. The SMILES string of the molecule is C.COCOc1cccc(O)c1C=O.COCOc1cccc(OCc2cccnc2Cl)c1C=O.ClCc1cccnc1Cl. The minimum atomic E-state index is -0.0939. The van der Waals surface area contributed by atoms with Gasteiger partial charge in [-0.25, -0.2) is 9.97 Å². The highest BCUT2D eigenvalue weighted by Gasteiger charge is 2.11. The Labute approximate surface area is 271 Å². The highest BCUT2D eigenvalue weighted by atomic mass is 35.5. The number of phenolic OH excluding ortho intramolecular Hbond substituents is 1. The quantitative estimate of drug-likeness (QED) is 0.0706. The van der Waals surface area contributed by atoms with Crippen LogP contribution in [0.3, 0.4) is 0 Å². The number of aromatic hydroxyl groups is 1. The number of aldehydes is 2. The molecule has 2 aromatic heterocycles. The molecular weight excluding hydrogens is 635 g/mol. The van der Waals surface area contributed by atoms with Crippen LogP contribution in [-0.4, -0.2) is 55.5 Å². The van der Waals surface area contributed by atoms with Gasteiger partial charge in [0, 0.05) is 37.7 Å². The number of hydrogen-bond acceptors (Lipinski definition) is 10. The zero-order chi connectivity index (χ0) is 31.5. The number of methoxy groups -OCH3 is 2. The maximum absolute atomic E-state index is 11.3. The average molecular weight is 668 g/mol. The Morgan fingerprint density at radius 1 is 0.705 bits per heavy atom. The monoisotopic (exact) mass is 666 g/mol. The molecule has 10 nitrogen and oxygen atoms in total. The molecule has 4 aromatic rings. The lowest BCUT2D eigenvalue weighted by atomic mass is 10.2. The van der Waals surface area contributed by atoms with E-state index in [0.29, 0.717) is 51.6 Å². The van der Waals surface area contributed by atoms with Crippen LogP contribution in [0.15, 0.2) is 73.1 Å². The van der Waals surface area contributed by atoms with Crippen molar-refractivity contribution in [3.05, 3.63) is 106 Å². The Morgan fingerprint density at radius 2 is 1.18 bits per heavy atom. The van der Waals surface area contributed by atoms with Crippen LogP contribution >= 0.6 is 34.8 Å². The van der Waals surface area contributed by atoms with Crippen molar-refractivity contribution < 1.29 is 38.4 Å². The second-order valence-corrected chi connectivity index (χ2v) is 9.01. The largest absolute Gasteiger partial charge is 0.507 e. The molecule has 0 radical (unpaired) electrons. The third-order valence-corrected chi connectivity index (χ3v) is 6.14. The van der Waals surface area contributed by atoms with E-state index in [0.717, 1.165) is 11.1 Å². The molecule has 13 heteroatoms. The number of carbonyl (C=O) groups is 2. The summed E-state index contributed by atoms with van der Waals surface area (Å²) in [5.74, 6) is 1.47. The minimum Gasteiger partial charge on any atom is -0.507 e. The molecule has 2 aromatic carbocycles. The molecule has 0 bridgehead atoms. The standard InChI is InChI=1S/C15H14ClNO4.C9H10O4.C6H5Cl2N.CH4/c1-19-10-21-14-6-2-5-13(12(14)8-18)20-9-11-4-3-7-17-15(11)16;1-12-6-13-9-4-2-3-8(11)7(9)5-10;7-4-5-2-1-3-9-6(5)8;/h2-8H,9-10H2,1H3;2-5,11H,6H2,1H3;1-3H,4H2;1H4. The van der Waals surface area contributed by atoms with Crippen LogP contribution in [0.25, 0.3) is 0 Å². The zero-order valence-corrected chi connectivity index (χ0v) is 25.5. The smallest absolute Gasteiger partial charge is 0.188 e. The van der Waals surface area contributed by atoms with Crippen molar-refractivity contribution in [3.63, 3.8) is 0 Å². The number of ether oxygens (including phenoxy) is 5. The molecule has 0 aliphatic heterocycles. The van der Waals surface area contributed by atoms with Crippen molar-refractivity contribution in [2.75, 3.05) is 27.8 Å². The maximum atomic E-state index is 11.3. The second-order valence-electron chi connectivity index (χ2n) is 8.02. The number of aromatic nitrogens is 2. The maximum Gasteiger partial charge on any atom is 0.188 e. The van der Waals surface area contributed by atoms with Gasteiger partial charge in [-0.1, -0.05) is 54.9 Å². The van der Waals surface area contributed by atoms with Crippen molar-refractivity contribution in [1.82, 2.24) is 9.97 Å². The predicted molar refractivity (Wildman–Crippen MR) is 169 cm³/mol. The number of rotatable bonds is 12. The first kappa shape index (κ1) is 38.1. The average Bonchev–Trinajstić information content (AvgIpc) is 3.03. The predicted octanol–water partition coefficient (Wildman–Crippen LogP) is 7.41. The van der Waals surface area contributed by atoms with Crippen molar-refractivity contribution in [2.24, 2.45) is 0 Å². The number of halogens is 3. The molecule has 2 heterocycles. The van der Waals surface area contributed by atoms with Crippen molar-refractivity contribution >= 4 is 47.4 Å². The van der Waals surface area contributed by atoms with Crippen LogP contribution in [0, 0.1) is 0 Å². The lowest BCUT2D eigenvalue weighted by Gasteiger charge is -2.12. The first-order valence-corrected chi connectivity index (χ1v) is 13.6. The molecule has 0 spiro atoms.